The number of hydrogen-bond acceptors (Lipinski definition) is 11. The van der Waals surface area contributed by atoms with Gasteiger partial charge in [0.25, 0.3) is 7.37 Å². The Bertz CT molecular complexity index is 3630. The van der Waals surface area contributed by atoms with Gasteiger partial charge in [-0.1, -0.05) is 183 Å². The van der Waals surface area contributed by atoms with E-state index < -0.39 is 30.2 Å². The highest BCUT2D eigenvalue weighted by atomic mass is 31.2. The van der Waals surface area contributed by atoms with Crippen LogP contribution in [0.1, 0.15) is 36.8 Å². The largest absolute Gasteiger partial charge is 0.439 e. The van der Waals surface area contributed by atoms with Crippen LogP contribution in [-0.2, 0) is 45.0 Å². The smallest absolute Gasteiger partial charge is 0.411 e. The van der Waals surface area contributed by atoms with Gasteiger partial charge < -0.3 is 18.1 Å². The van der Waals surface area contributed by atoms with E-state index in [-0.39, 0.29) is 13.2 Å². The summed E-state index contributed by atoms with van der Waals surface area (Å²) in [6.45, 7) is 0.527. The van der Waals surface area contributed by atoms with Gasteiger partial charge in [-0.25, -0.2) is 13.7 Å². The van der Waals surface area contributed by atoms with Crippen molar-refractivity contribution in [2.45, 2.75) is 38.9 Å². The molecule has 4 aliphatic heterocycles. The van der Waals surface area contributed by atoms with Gasteiger partial charge in [-0.3, -0.25) is 18.1 Å². The van der Waals surface area contributed by atoms with Crippen LogP contribution in [0.15, 0.2) is 218 Å². The van der Waals surface area contributed by atoms with E-state index in [1.165, 1.54) is 0 Å². The van der Waals surface area contributed by atoms with Crippen LogP contribution in [0.3, 0.4) is 0 Å². The average Bonchev–Trinajstić information content (AvgIpc) is 3.48. The maximum absolute atomic E-state index is 13.9. The van der Waals surface area contributed by atoms with Crippen LogP contribution in [-0.4, -0.2) is 12.8 Å². The molecule has 0 radical (unpaired) electrons. The van der Waals surface area contributed by atoms with E-state index in [2.05, 4.69) is 0 Å². The quantitative estimate of drug-likeness (QED) is 0.0761. The zero-order valence-corrected chi connectivity index (χ0v) is 45.3. The van der Waals surface area contributed by atoms with E-state index in [1.807, 2.05) is 194 Å². The standard InChI is InChI=1S/C32H24O6P2.C30H28O5P2/c33-39(31-15-7-3-11-27(31)25-9-1-5-13-29(25)37-39)35-21-23-17-19-24(20-18-23)22-36-40(34)32-16-8-4-12-28(32)26-10-2-6-14-30(26)38-40;31-36(29-19-9-5-15-25(29)23-13-3-7-17-27(23)34-36)22-12-2-1-11-21-33-37(32)30-20-10-6-16-26(30)24-14-4-8-18-28(24)35-37/h1-20H,21-22H2;3-10,13-20H,1-2,11-12,21-22H2. The van der Waals surface area contributed by atoms with Gasteiger partial charge in [-0.05, 0) is 78.1 Å². The van der Waals surface area contributed by atoms with E-state index in [4.69, 9.17) is 31.7 Å². The third-order valence-corrected chi connectivity index (χ3v) is 22.1. The van der Waals surface area contributed by atoms with E-state index in [9.17, 15) is 18.3 Å². The minimum Gasteiger partial charge on any atom is -0.439 e. The summed E-state index contributed by atoms with van der Waals surface area (Å²) >= 11 is 0. The lowest BCUT2D eigenvalue weighted by Gasteiger charge is -2.28. The highest BCUT2D eigenvalue weighted by Crippen LogP contribution is 2.59. The number of rotatable bonds is 14. The predicted octanol–water partition coefficient (Wildman–Crippen LogP) is 15.7. The lowest BCUT2D eigenvalue weighted by atomic mass is 10.0. The molecule has 15 heteroatoms. The van der Waals surface area contributed by atoms with Crippen LogP contribution in [0.25, 0.3) is 44.5 Å². The van der Waals surface area contributed by atoms with Gasteiger partial charge in [0.05, 0.1) is 41.0 Å². The molecule has 4 aliphatic rings. The molecule has 4 atom stereocenters. The van der Waals surface area contributed by atoms with Crippen LogP contribution in [0.4, 0.5) is 0 Å². The van der Waals surface area contributed by atoms with Gasteiger partial charge >= 0.3 is 22.8 Å². The molecule has 0 amide bonds. The van der Waals surface area contributed by atoms with Gasteiger partial charge in [-0.2, -0.15) is 0 Å². The number of benzene rings is 9. The van der Waals surface area contributed by atoms with Crippen LogP contribution < -0.4 is 39.3 Å². The van der Waals surface area contributed by atoms with Gasteiger partial charge in [0.1, 0.15) is 23.0 Å². The normalized spacial score (nSPS) is 20.6. The summed E-state index contributed by atoms with van der Waals surface area (Å²) in [7, 11) is -13.6. The summed E-state index contributed by atoms with van der Waals surface area (Å²) in [5.41, 5.74) is 8.94. The highest BCUT2D eigenvalue weighted by Gasteiger charge is 2.41. The van der Waals surface area contributed by atoms with E-state index >= 15 is 0 Å². The Morgan fingerprint density at radius 1 is 0.286 bits per heavy atom. The Labute approximate surface area is 447 Å². The van der Waals surface area contributed by atoms with Gasteiger partial charge in [0, 0.05) is 45.1 Å². The predicted molar refractivity (Wildman–Crippen MR) is 304 cm³/mol. The molecule has 13 rings (SSSR count). The van der Waals surface area contributed by atoms with Crippen molar-refractivity contribution in [2.24, 2.45) is 0 Å². The third-order valence-electron chi connectivity index (χ3n) is 13.9. The minimum absolute atomic E-state index is 0.0979. The first kappa shape index (κ1) is 50.8. The first-order chi connectivity index (χ1) is 37.6. The van der Waals surface area contributed by atoms with Gasteiger partial charge in [0.2, 0.25) is 0 Å². The molecule has 386 valence electrons. The molecular formula is C62H52O11P4. The van der Waals surface area contributed by atoms with E-state index in [0.29, 0.717) is 51.7 Å². The second-order valence-electron chi connectivity index (χ2n) is 18.9. The fraction of sp³-hybridized carbons (Fsp3) is 0.129. The first-order valence-corrected chi connectivity index (χ1v) is 32.0. The summed E-state index contributed by atoms with van der Waals surface area (Å²) in [5, 5.41) is 2.53. The zero-order chi connectivity index (χ0) is 52.5. The number of para-hydroxylation sites is 4. The van der Waals surface area contributed by atoms with Crippen molar-refractivity contribution < 1.29 is 49.9 Å². The Morgan fingerprint density at radius 2 is 0.584 bits per heavy atom. The molecule has 0 bridgehead atoms. The highest BCUT2D eigenvalue weighted by molar-refractivity contribution is 7.67. The van der Waals surface area contributed by atoms with Crippen molar-refractivity contribution in [2.75, 3.05) is 12.8 Å². The lowest BCUT2D eigenvalue weighted by Crippen LogP contribution is -2.20. The third kappa shape index (κ3) is 10.1. The Kier molecular flexibility index (Phi) is 14.1. The van der Waals surface area contributed by atoms with Crippen LogP contribution in [0.5, 0.6) is 23.0 Å². The van der Waals surface area contributed by atoms with E-state index in [0.717, 1.165) is 86.6 Å². The molecule has 0 N–H and O–H groups in total. The zero-order valence-electron chi connectivity index (χ0n) is 41.7. The SMILES string of the molecule is O=P1(CCCCCCOP2(=O)Oc3ccccc3-c3ccccc32)Oc2ccccc2-c2ccccc21.O=P1(OCc2ccc(COP3(=O)Oc4ccccc4-c4ccccc43)cc2)Oc2ccccc2-c2ccccc21. The maximum Gasteiger partial charge on any atom is 0.411 e. The molecule has 9 aromatic rings. The summed E-state index contributed by atoms with van der Waals surface area (Å²) in [6, 6.07) is 68.3. The Hall–Kier alpha value is -7.02. The molecule has 11 nitrogen and oxygen atoms in total. The minimum atomic E-state index is -3.59. The number of fused-ring (bicyclic) bond motifs is 12. The van der Waals surface area contributed by atoms with E-state index in [1.54, 1.807) is 24.3 Å². The molecule has 0 saturated carbocycles. The molecular weight excluding hydrogens is 1040 g/mol. The fourth-order valence-corrected chi connectivity index (χ4v) is 17.9. The first-order valence-electron chi connectivity index (χ1n) is 25.5. The molecule has 77 heavy (non-hydrogen) atoms. The second kappa shape index (κ2) is 21.4. The molecule has 4 unspecified atom stereocenters. The number of unbranched alkanes of at least 4 members (excludes halogenated alkanes) is 3. The van der Waals surface area contributed by atoms with Crippen LogP contribution >= 0.6 is 30.2 Å². The second-order valence-corrected chi connectivity index (χ2v) is 27.1. The van der Waals surface area contributed by atoms with Crippen LogP contribution in [0, 0.1) is 0 Å². The fourth-order valence-electron chi connectivity index (χ4n) is 10.1. The van der Waals surface area contributed by atoms with Gasteiger partial charge in [-0.15, -0.1) is 0 Å². The van der Waals surface area contributed by atoms with Crippen molar-refractivity contribution in [3.05, 3.63) is 230 Å². The van der Waals surface area contributed by atoms with Crippen molar-refractivity contribution in [1.82, 2.24) is 0 Å². The molecule has 4 heterocycles. The summed E-state index contributed by atoms with van der Waals surface area (Å²) in [4.78, 5) is 0. The Morgan fingerprint density at radius 3 is 0.987 bits per heavy atom. The Balaban J connectivity index is 0.000000155. The van der Waals surface area contributed by atoms with Crippen molar-refractivity contribution >= 4 is 51.4 Å². The molecule has 0 spiro atoms. The molecule has 0 saturated heterocycles. The van der Waals surface area contributed by atoms with Crippen LogP contribution in [0.2, 0.25) is 0 Å². The lowest BCUT2D eigenvalue weighted by molar-refractivity contribution is 0.261. The molecule has 0 aliphatic carbocycles. The molecule has 9 aromatic carbocycles. The average molecular weight is 1100 g/mol. The van der Waals surface area contributed by atoms with Crippen molar-refractivity contribution in [3.63, 3.8) is 0 Å². The molecule has 0 fully saturated rings. The topological polar surface area (TPSA) is 133 Å². The summed E-state index contributed by atoms with van der Waals surface area (Å²) in [5.74, 6) is 2.36. The molecule has 0 aromatic heterocycles. The number of hydrogen-bond donors (Lipinski definition) is 0. The summed E-state index contributed by atoms with van der Waals surface area (Å²) < 4.78 is 97.0. The summed E-state index contributed by atoms with van der Waals surface area (Å²) in [6.07, 6.45) is 3.76. The monoisotopic (exact) mass is 1100 g/mol. The van der Waals surface area contributed by atoms with Crippen molar-refractivity contribution in [1.29, 1.82) is 0 Å². The maximum atomic E-state index is 13.9. The van der Waals surface area contributed by atoms with Gasteiger partial charge in [0.15, 0.2) is 0 Å². The van der Waals surface area contributed by atoms with Crippen molar-refractivity contribution in [3.8, 4) is 67.5 Å².